The first-order valence-corrected chi connectivity index (χ1v) is 10.0. The van der Waals surface area contributed by atoms with Gasteiger partial charge in [0.1, 0.15) is 0 Å². The van der Waals surface area contributed by atoms with Crippen molar-refractivity contribution in [1.29, 1.82) is 0 Å². The molecule has 0 saturated carbocycles. The smallest absolute Gasteiger partial charge is 0.302 e. The Balaban J connectivity index is 0.000000562. The highest BCUT2D eigenvalue weighted by Crippen LogP contribution is 2.25. The van der Waals surface area contributed by atoms with E-state index in [1.54, 1.807) is 0 Å². The molecule has 1 heterocycles. The normalized spacial score (nSPS) is 15.6. The van der Waals surface area contributed by atoms with E-state index in [0.29, 0.717) is 5.41 Å². The molecule has 0 bridgehead atoms. The predicted octanol–water partition coefficient (Wildman–Crippen LogP) is 4.17. The van der Waals surface area contributed by atoms with Gasteiger partial charge in [-0.15, -0.1) is 12.4 Å². The van der Waals surface area contributed by atoms with Gasteiger partial charge >= 0.3 is 5.91 Å². The Labute approximate surface area is 195 Å². The summed E-state index contributed by atoms with van der Waals surface area (Å²) in [6, 6.07) is 0. The summed E-state index contributed by atoms with van der Waals surface area (Å²) < 4.78 is 0. The maximum atomic E-state index is 11.3. The van der Waals surface area contributed by atoms with Gasteiger partial charge in [-0.25, -0.2) is 9.97 Å². The maximum absolute atomic E-state index is 11.3. The maximum Gasteiger partial charge on any atom is 0.302 e. The molecule has 8 nitrogen and oxygen atoms in total. The van der Waals surface area contributed by atoms with E-state index in [1.807, 2.05) is 0 Å². The summed E-state index contributed by atoms with van der Waals surface area (Å²) in [5.41, 5.74) is 23.8. The van der Waals surface area contributed by atoms with Crippen LogP contribution in [0.3, 0.4) is 0 Å². The monoisotopic (exact) mass is 469 g/mol. The third kappa shape index (κ3) is 10.8. The van der Waals surface area contributed by atoms with Crippen LogP contribution in [-0.4, -0.2) is 21.8 Å². The third-order valence-electron chi connectivity index (χ3n) is 4.36. The Morgan fingerprint density at radius 2 is 1.74 bits per heavy atom. The van der Waals surface area contributed by atoms with E-state index in [-0.39, 0.29) is 34.9 Å². The predicted molar refractivity (Wildman–Crippen MR) is 132 cm³/mol. The first-order chi connectivity index (χ1) is 13.9. The van der Waals surface area contributed by atoms with Gasteiger partial charge in [-0.3, -0.25) is 4.79 Å². The number of nitrogens with two attached hydrogens (primary N) is 4. The number of aliphatic imine (C=N–C) groups is 1. The minimum atomic E-state index is -0.832. The Hall–Kier alpha value is -2.58. The molecule has 0 spiro atoms. The van der Waals surface area contributed by atoms with Gasteiger partial charge in [0.15, 0.2) is 28.4 Å². The fraction of sp³-hybridized carbons (Fsp3) is 0.429. The molecule has 10 heteroatoms. The second kappa shape index (κ2) is 13.0. The second-order valence-electron chi connectivity index (χ2n) is 7.91. The first-order valence-electron chi connectivity index (χ1n) is 9.62. The van der Waals surface area contributed by atoms with Crippen molar-refractivity contribution in [1.82, 2.24) is 9.97 Å². The second-order valence-corrected chi connectivity index (χ2v) is 8.27. The summed E-state index contributed by atoms with van der Waals surface area (Å²) >= 11 is 5.55. The number of nitrogen functional groups attached to an aromatic ring is 2. The molecule has 0 aliphatic heterocycles. The number of allylic oxidation sites excluding steroid dienone is 6. The average Bonchev–Trinajstić information content (AvgIpc) is 2.64. The number of aromatic nitrogens is 2. The van der Waals surface area contributed by atoms with E-state index in [9.17, 15) is 4.79 Å². The molecule has 1 aromatic heterocycles. The SMILES string of the molecule is CC1=CCCC(C)=CCC(C)(C)C=CC1.Cl.NC(N)=NC(=O)c1nc(Cl)c(N)nc1N. The molecular weight excluding hydrogens is 437 g/mol. The van der Waals surface area contributed by atoms with E-state index in [4.69, 9.17) is 34.5 Å². The lowest BCUT2D eigenvalue weighted by Gasteiger charge is -2.18. The third-order valence-corrected chi connectivity index (χ3v) is 4.63. The Morgan fingerprint density at radius 1 is 1.10 bits per heavy atom. The summed E-state index contributed by atoms with van der Waals surface area (Å²) in [4.78, 5) is 21.7. The lowest BCUT2D eigenvalue weighted by molar-refractivity contribution is 0.0998. The van der Waals surface area contributed by atoms with Crippen molar-refractivity contribution < 1.29 is 4.79 Å². The topological polar surface area (TPSA) is 159 Å². The van der Waals surface area contributed by atoms with Crippen molar-refractivity contribution in [3.05, 3.63) is 46.3 Å². The summed E-state index contributed by atoms with van der Waals surface area (Å²) in [7, 11) is 0. The van der Waals surface area contributed by atoms with Crippen molar-refractivity contribution in [2.24, 2.45) is 21.9 Å². The van der Waals surface area contributed by atoms with Crippen LogP contribution in [0.15, 0.2) is 40.4 Å². The highest BCUT2D eigenvalue weighted by Gasteiger charge is 2.15. The van der Waals surface area contributed by atoms with Crippen LogP contribution >= 0.6 is 24.0 Å². The van der Waals surface area contributed by atoms with Crippen LogP contribution in [0.2, 0.25) is 5.15 Å². The van der Waals surface area contributed by atoms with Crippen LogP contribution in [0.5, 0.6) is 0 Å². The molecule has 1 aliphatic carbocycles. The lowest BCUT2D eigenvalue weighted by Crippen LogP contribution is -2.24. The highest BCUT2D eigenvalue weighted by molar-refractivity contribution is 6.31. The summed E-state index contributed by atoms with van der Waals surface area (Å²) in [6.45, 7) is 9.10. The number of rotatable bonds is 1. The Bertz CT molecular complexity index is 886. The van der Waals surface area contributed by atoms with Gasteiger partial charge < -0.3 is 22.9 Å². The van der Waals surface area contributed by atoms with Crippen LogP contribution in [0.25, 0.3) is 0 Å². The number of halogens is 2. The molecule has 1 aromatic rings. The Morgan fingerprint density at radius 3 is 2.35 bits per heavy atom. The van der Waals surface area contributed by atoms with Crippen LogP contribution in [0.4, 0.5) is 11.6 Å². The number of hydrogen-bond acceptors (Lipinski definition) is 5. The number of carbonyl (C=O) groups excluding carboxylic acids is 1. The van der Waals surface area contributed by atoms with Crippen LogP contribution in [0.1, 0.15) is 63.9 Å². The van der Waals surface area contributed by atoms with Gasteiger partial charge in [-0.2, -0.15) is 4.99 Å². The molecule has 0 saturated heterocycles. The zero-order valence-electron chi connectivity index (χ0n) is 18.5. The van der Waals surface area contributed by atoms with Crippen molar-refractivity contribution in [3.8, 4) is 0 Å². The summed E-state index contributed by atoms with van der Waals surface area (Å²) in [6.07, 6.45) is 14.1. The van der Waals surface area contributed by atoms with Crippen molar-refractivity contribution >= 4 is 47.5 Å². The van der Waals surface area contributed by atoms with E-state index < -0.39 is 11.9 Å². The molecule has 172 valence electrons. The fourth-order valence-corrected chi connectivity index (χ4v) is 2.70. The average molecular weight is 470 g/mol. The molecule has 0 fully saturated rings. The summed E-state index contributed by atoms with van der Waals surface area (Å²) in [5.74, 6) is -1.50. The number of guanidine groups is 1. The molecule has 0 unspecified atom stereocenters. The first kappa shape index (κ1) is 28.4. The quantitative estimate of drug-likeness (QED) is 0.272. The van der Waals surface area contributed by atoms with Gasteiger partial charge in [0.05, 0.1) is 0 Å². The molecule has 2 rings (SSSR count). The molecule has 1 amide bonds. The molecular formula is C21H33Cl2N7O. The van der Waals surface area contributed by atoms with Crippen molar-refractivity contribution in [3.63, 3.8) is 0 Å². The largest absolute Gasteiger partial charge is 0.382 e. The molecule has 8 N–H and O–H groups in total. The lowest BCUT2D eigenvalue weighted by atomic mass is 9.87. The molecule has 0 atom stereocenters. The number of amides is 1. The van der Waals surface area contributed by atoms with Crippen LogP contribution < -0.4 is 22.9 Å². The van der Waals surface area contributed by atoms with Gasteiger partial charge in [0, 0.05) is 0 Å². The van der Waals surface area contributed by atoms with E-state index in [2.05, 4.69) is 67.0 Å². The van der Waals surface area contributed by atoms with E-state index in [1.165, 1.54) is 24.0 Å². The number of anilines is 2. The minimum absolute atomic E-state index is 0. The summed E-state index contributed by atoms with van der Waals surface area (Å²) in [5, 5.41) is -0.140. The number of hydrogen-bond donors (Lipinski definition) is 4. The van der Waals surface area contributed by atoms with Crippen molar-refractivity contribution in [2.75, 3.05) is 11.5 Å². The molecule has 1 aliphatic rings. The van der Waals surface area contributed by atoms with E-state index >= 15 is 0 Å². The van der Waals surface area contributed by atoms with Crippen molar-refractivity contribution in [2.45, 2.75) is 53.4 Å². The van der Waals surface area contributed by atoms with E-state index in [0.717, 1.165) is 12.8 Å². The zero-order valence-corrected chi connectivity index (χ0v) is 20.1. The van der Waals surface area contributed by atoms with Gasteiger partial charge in [0.2, 0.25) is 0 Å². The molecule has 0 aromatic carbocycles. The Kier molecular flexibility index (Phi) is 11.9. The van der Waals surface area contributed by atoms with Gasteiger partial charge in [-0.05, 0) is 44.9 Å². The molecule has 0 radical (unpaired) electrons. The molecule has 31 heavy (non-hydrogen) atoms. The van der Waals surface area contributed by atoms with Gasteiger partial charge in [-0.1, -0.05) is 60.9 Å². The van der Waals surface area contributed by atoms with Crippen LogP contribution in [-0.2, 0) is 0 Å². The zero-order chi connectivity index (χ0) is 22.9. The standard InChI is InChI=1S/C15H24.C6H8ClN7O.ClH/c1-13-7-5-8-14(2)10-12-15(3,4)11-6-9-13;7-2-4(9)13-3(8)1(12-2)5(15)14-6(10)11;/h6-7,10-11H,5,8-9,12H2,1-4H3;(H4,8,9,13)(H4,10,11,14,15);1H. The fourth-order valence-electron chi connectivity index (χ4n) is 2.57. The number of carbonyl (C=O) groups is 1. The van der Waals surface area contributed by atoms with Crippen LogP contribution in [0, 0.1) is 5.41 Å². The highest BCUT2D eigenvalue weighted by atomic mass is 35.5. The van der Waals surface area contributed by atoms with Gasteiger partial charge in [0.25, 0.3) is 0 Å². The number of nitrogens with zero attached hydrogens (tertiary/aromatic N) is 3. The minimum Gasteiger partial charge on any atom is -0.382 e.